The fourth-order valence-electron chi connectivity index (χ4n) is 3.77. The molecule has 2 saturated heterocycles. The predicted octanol–water partition coefficient (Wildman–Crippen LogP) is 1.99. The lowest BCUT2D eigenvalue weighted by molar-refractivity contribution is -0.119. The Balaban J connectivity index is 1.69. The molecule has 0 aromatic heterocycles. The minimum absolute atomic E-state index is 0.0747. The SMILES string of the molecule is O=C1CC(C2CCCCN2CC(O)c2ccc(F)cc2F)CN1. The smallest absolute Gasteiger partial charge is 0.220 e. The number of aliphatic hydroxyl groups excluding tert-OH is 1. The number of hydrogen-bond acceptors (Lipinski definition) is 3. The molecule has 0 saturated carbocycles. The number of nitrogens with zero attached hydrogens (tertiary/aromatic N) is 1. The average Bonchev–Trinajstić information content (AvgIpc) is 2.94. The average molecular weight is 324 g/mol. The molecule has 1 aromatic rings. The Morgan fingerprint density at radius 2 is 2.17 bits per heavy atom. The Morgan fingerprint density at radius 3 is 2.87 bits per heavy atom. The van der Waals surface area contributed by atoms with Crippen LogP contribution in [0, 0.1) is 17.6 Å². The number of aliphatic hydroxyl groups is 1. The third-order valence-corrected chi connectivity index (χ3v) is 4.95. The van der Waals surface area contributed by atoms with Crippen molar-refractivity contribution in [2.75, 3.05) is 19.6 Å². The first-order valence-corrected chi connectivity index (χ1v) is 8.18. The topological polar surface area (TPSA) is 52.6 Å². The van der Waals surface area contributed by atoms with Crippen molar-refractivity contribution >= 4 is 5.91 Å². The predicted molar refractivity (Wildman–Crippen MR) is 81.6 cm³/mol. The number of nitrogens with one attached hydrogen (secondary N) is 1. The van der Waals surface area contributed by atoms with Crippen LogP contribution >= 0.6 is 0 Å². The van der Waals surface area contributed by atoms with Crippen molar-refractivity contribution in [1.82, 2.24) is 10.2 Å². The Labute approximate surface area is 134 Å². The van der Waals surface area contributed by atoms with Crippen LogP contribution in [0.5, 0.6) is 0 Å². The van der Waals surface area contributed by atoms with Crippen LogP contribution in [-0.2, 0) is 4.79 Å². The van der Waals surface area contributed by atoms with Gasteiger partial charge in [-0.2, -0.15) is 0 Å². The van der Waals surface area contributed by atoms with Crippen molar-refractivity contribution in [2.24, 2.45) is 5.92 Å². The monoisotopic (exact) mass is 324 g/mol. The van der Waals surface area contributed by atoms with Crippen LogP contribution in [0.25, 0.3) is 0 Å². The van der Waals surface area contributed by atoms with Crippen LogP contribution in [0.15, 0.2) is 18.2 Å². The van der Waals surface area contributed by atoms with Crippen molar-refractivity contribution in [2.45, 2.75) is 37.8 Å². The zero-order valence-corrected chi connectivity index (χ0v) is 13.0. The first-order chi connectivity index (χ1) is 11.0. The van der Waals surface area contributed by atoms with Gasteiger partial charge in [0.05, 0.1) is 6.10 Å². The maximum Gasteiger partial charge on any atom is 0.220 e. The van der Waals surface area contributed by atoms with Gasteiger partial charge in [0, 0.05) is 43.1 Å². The van der Waals surface area contributed by atoms with Crippen LogP contribution in [-0.4, -0.2) is 41.6 Å². The number of amides is 1. The fraction of sp³-hybridized carbons (Fsp3) is 0.588. The first kappa shape index (κ1) is 16.3. The highest BCUT2D eigenvalue weighted by atomic mass is 19.1. The van der Waals surface area contributed by atoms with Gasteiger partial charge >= 0.3 is 0 Å². The summed E-state index contributed by atoms with van der Waals surface area (Å²) in [5, 5.41) is 13.2. The van der Waals surface area contributed by atoms with E-state index in [-0.39, 0.29) is 23.4 Å². The van der Waals surface area contributed by atoms with Gasteiger partial charge in [0.2, 0.25) is 5.91 Å². The maximum absolute atomic E-state index is 13.8. The highest BCUT2D eigenvalue weighted by molar-refractivity contribution is 5.78. The van der Waals surface area contributed by atoms with E-state index in [9.17, 15) is 18.7 Å². The molecule has 1 amide bonds. The summed E-state index contributed by atoms with van der Waals surface area (Å²) in [7, 11) is 0. The van der Waals surface area contributed by atoms with Crippen molar-refractivity contribution in [3.8, 4) is 0 Å². The van der Waals surface area contributed by atoms with Gasteiger partial charge in [-0.05, 0) is 25.5 Å². The quantitative estimate of drug-likeness (QED) is 0.890. The highest BCUT2D eigenvalue weighted by Crippen LogP contribution is 2.29. The summed E-state index contributed by atoms with van der Waals surface area (Å²) in [5.41, 5.74) is 0.122. The Hall–Kier alpha value is -1.53. The summed E-state index contributed by atoms with van der Waals surface area (Å²) in [6.45, 7) is 1.80. The third-order valence-electron chi connectivity index (χ3n) is 4.95. The first-order valence-electron chi connectivity index (χ1n) is 8.18. The van der Waals surface area contributed by atoms with Crippen LogP contribution in [0.2, 0.25) is 0 Å². The van der Waals surface area contributed by atoms with E-state index in [1.807, 2.05) is 0 Å². The second kappa shape index (κ2) is 6.93. The number of likely N-dealkylation sites (tertiary alicyclic amines) is 1. The van der Waals surface area contributed by atoms with E-state index in [1.54, 1.807) is 0 Å². The zero-order chi connectivity index (χ0) is 16.4. The van der Waals surface area contributed by atoms with Gasteiger partial charge in [0.1, 0.15) is 11.6 Å². The summed E-state index contributed by atoms with van der Waals surface area (Å²) in [4.78, 5) is 13.6. The van der Waals surface area contributed by atoms with E-state index in [2.05, 4.69) is 10.2 Å². The Kier molecular flexibility index (Phi) is 4.92. The molecule has 0 radical (unpaired) electrons. The van der Waals surface area contributed by atoms with Gasteiger partial charge in [0.25, 0.3) is 0 Å². The lowest BCUT2D eigenvalue weighted by atomic mass is 9.89. The molecule has 4 nitrogen and oxygen atoms in total. The molecule has 2 N–H and O–H groups in total. The van der Waals surface area contributed by atoms with Gasteiger partial charge in [-0.1, -0.05) is 12.5 Å². The molecule has 6 heteroatoms. The van der Waals surface area contributed by atoms with Crippen LogP contribution in [0.4, 0.5) is 8.78 Å². The van der Waals surface area contributed by atoms with E-state index in [4.69, 9.17) is 0 Å². The van der Waals surface area contributed by atoms with Crippen molar-refractivity contribution in [3.63, 3.8) is 0 Å². The molecule has 2 aliphatic rings. The number of hydrogen-bond donors (Lipinski definition) is 2. The molecule has 0 aliphatic carbocycles. The minimum Gasteiger partial charge on any atom is -0.387 e. The minimum atomic E-state index is -0.999. The van der Waals surface area contributed by atoms with Crippen LogP contribution in [0.1, 0.15) is 37.4 Å². The van der Waals surface area contributed by atoms with E-state index in [0.29, 0.717) is 19.5 Å². The summed E-state index contributed by atoms with van der Waals surface area (Å²) in [6, 6.07) is 3.48. The van der Waals surface area contributed by atoms with Crippen molar-refractivity contribution < 1.29 is 18.7 Å². The number of carbonyl (C=O) groups excluding carboxylic acids is 1. The molecule has 1 aromatic carbocycles. The van der Waals surface area contributed by atoms with E-state index >= 15 is 0 Å². The number of carbonyl (C=O) groups is 1. The molecule has 3 atom stereocenters. The van der Waals surface area contributed by atoms with E-state index in [1.165, 1.54) is 6.07 Å². The molecule has 3 unspecified atom stereocenters. The number of benzene rings is 1. The zero-order valence-electron chi connectivity index (χ0n) is 13.0. The molecular weight excluding hydrogens is 302 g/mol. The standard InChI is InChI=1S/C17H22F2N2O2/c18-12-4-5-13(14(19)8-12)16(22)10-21-6-2-1-3-15(21)11-7-17(23)20-9-11/h4-5,8,11,15-16,22H,1-3,6-7,9-10H2,(H,20,23). The Bertz CT molecular complexity index is 582. The van der Waals surface area contributed by atoms with E-state index in [0.717, 1.165) is 37.9 Å². The highest BCUT2D eigenvalue weighted by Gasteiger charge is 2.35. The van der Waals surface area contributed by atoms with Gasteiger partial charge in [0.15, 0.2) is 0 Å². The second-order valence-electron chi connectivity index (χ2n) is 6.51. The van der Waals surface area contributed by atoms with Gasteiger partial charge in [-0.15, -0.1) is 0 Å². The largest absolute Gasteiger partial charge is 0.387 e. The van der Waals surface area contributed by atoms with Gasteiger partial charge in [-0.3, -0.25) is 9.69 Å². The molecule has 2 fully saturated rings. The number of piperidine rings is 1. The molecule has 0 spiro atoms. The molecule has 2 aliphatic heterocycles. The lowest BCUT2D eigenvalue weighted by Crippen LogP contribution is -2.46. The summed E-state index contributed by atoms with van der Waals surface area (Å²) < 4.78 is 26.8. The van der Waals surface area contributed by atoms with Crippen molar-refractivity contribution in [1.29, 1.82) is 0 Å². The van der Waals surface area contributed by atoms with Gasteiger partial charge in [-0.25, -0.2) is 8.78 Å². The fourth-order valence-corrected chi connectivity index (χ4v) is 3.77. The molecule has 3 rings (SSSR count). The molecule has 23 heavy (non-hydrogen) atoms. The lowest BCUT2D eigenvalue weighted by Gasteiger charge is -2.39. The number of rotatable bonds is 4. The summed E-state index contributed by atoms with van der Waals surface area (Å²) in [6.07, 6.45) is 2.64. The third kappa shape index (κ3) is 3.70. The molecule has 126 valence electrons. The molecular formula is C17H22F2N2O2. The number of β-amino-alcohol motifs (C(OH)–C–C–N with tert-alkyl or cyclic N) is 1. The van der Waals surface area contributed by atoms with Gasteiger partial charge < -0.3 is 10.4 Å². The second-order valence-corrected chi connectivity index (χ2v) is 6.51. The molecule has 0 bridgehead atoms. The van der Waals surface area contributed by atoms with Crippen LogP contribution < -0.4 is 5.32 Å². The van der Waals surface area contributed by atoms with E-state index < -0.39 is 17.7 Å². The summed E-state index contributed by atoms with van der Waals surface area (Å²) >= 11 is 0. The Morgan fingerprint density at radius 1 is 1.35 bits per heavy atom. The van der Waals surface area contributed by atoms with Crippen molar-refractivity contribution in [3.05, 3.63) is 35.4 Å². The summed E-state index contributed by atoms with van der Waals surface area (Å²) in [5.74, 6) is -1.05. The number of halogens is 2. The normalized spacial score (nSPS) is 27.0. The molecule has 2 heterocycles. The maximum atomic E-state index is 13.8. The van der Waals surface area contributed by atoms with Crippen LogP contribution in [0.3, 0.4) is 0 Å².